The van der Waals surface area contributed by atoms with Crippen molar-refractivity contribution < 1.29 is 18.0 Å². The van der Waals surface area contributed by atoms with E-state index in [-0.39, 0.29) is 0 Å². The SMILES string of the molecule is CS(=O)(=O)C1=CC(=O)N(c2ccccc2)C1=O. The van der Waals surface area contributed by atoms with Gasteiger partial charge in [0.15, 0.2) is 9.84 Å². The number of rotatable bonds is 2. The highest BCUT2D eigenvalue weighted by Gasteiger charge is 2.37. The van der Waals surface area contributed by atoms with Crippen molar-refractivity contribution in [1.82, 2.24) is 0 Å². The number of carbonyl (C=O) groups is 2. The van der Waals surface area contributed by atoms with Crippen LogP contribution in [0, 0.1) is 0 Å². The van der Waals surface area contributed by atoms with Gasteiger partial charge in [0.05, 0.1) is 5.69 Å². The summed E-state index contributed by atoms with van der Waals surface area (Å²) >= 11 is 0. The molecule has 1 aromatic carbocycles. The number of hydrogen-bond acceptors (Lipinski definition) is 4. The van der Waals surface area contributed by atoms with Gasteiger partial charge in [0.2, 0.25) is 0 Å². The molecule has 0 unspecified atom stereocenters. The standard InChI is InChI=1S/C11H9NO4S/c1-17(15,16)9-7-10(13)12(11(9)14)8-5-3-2-4-6-8/h2-7H,1H3. The molecule has 0 saturated heterocycles. The molecule has 0 saturated carbocycles. The average molecular weight is 251 g/mol. The van der Waals surface area contributed by atoms with Gasteiger partial charge in [-0.1, -0.05) is 18.2 Å². The van der Waals surface area contributed by atoms with Gasteiger partial charge in [-0.15, -0.1) is 0 Å². The Morgan fingerprint density at radius 1 is 1.06 bits per heavy atom. The van der Waals surface area contributed by atoms with E-state index in [4.69, 9.17) is 0 Å². The summed E-state index contributed by atoms with van der Waals surface area (Å²) in [7, 11) is -3.68. The van der Waals surface area contributed by atoms with E-state index in [0.717, 1.165) is 17.2 Å². The quantitative estimate of drug-likeness (QED) is 0.717. The zero-order valence-corrected chi connectivity index (χ0v) is 9.77. The highest BCUT2D eigenvalue weighted by molar-refractivity contribution is 7.95. The average Bonchev–Trinajstić information content (AvgIpc) is 2.55. The molecule has 6 heteroatoms. The van der Waals surface area contributed by atoms with Crippen molar-refractivity contribution in [1.29, 1.82) is 0 Å². The molecule has 0 aliphatic carbocycles. The van der Waals surface area contributed by atoms with Crippen molar-refractivity contribution in [3.8, 4) is 0 Å². The van der Waals surface area contributed by atoms with E-state index in [1.165, 1.54) is 0 Å². The highest BCUT2D eigenvalue weighted by Crippen LogP contribution is 2.24. The molecule has 88 valence electrons. The molecule has 1 aliphatic rings. The number of sulfone groups is 1. The van der Waals surface area contributed by atoms with E-state index in [2.05, 4.69) is 0 Å². The van der Waals surface area contributed by atoms with Gasteiger partial charge in [-0.2, -0.15) is 0 Å². The molecule has 0 radical (unpaired) electrons. The second kappa shape index (κ2) is 3.81. The van der Waals surface area contributed by atoms with Gasteiger partial charge in [0.25, 0.3) is 11.8 Å². The maximum atomic E-state index is 11.8. The summed E-state index contributed by atoms with van der Waals surface area (Å²) in [6.07, 6.45) is 1.75. The van der Waals surface area contributed by atoms with Crippen LogP contribution in [0.5, 0.6) is 0 Å². The third-order valence-electron chi connectivity index (χ3n) is 2.30. The Hall–Kier alpha value is -1.95. The number of hydrogen-bond donors (Lipinski definition) is 0. The minimum atomic E-state index is -3.68. The molecule has 5 nitrogen and oxygen atoms in total. The van der Waals surface area contributed by atoms with Crippen LogP contribution in [0.15, 0.2) is 41.3 Å². The Bertz CT molecular complexity index is 616. The summed E-state index contributed by atoms with van der Waals surface area (Å²) in [5.74, 6) is -1.44. The fraction of sp³-hybridized carbons (Fsp3) is 0.0909. The molecule has 0 bridgehead atoms. The topological polar surface area (TPSA) is 71.5 Å². The van der Waals surface area contributed by atoms with Crippen LogP contribution >= 0.6 is 0 Å². The van der Waals surface area contributed by atoms with Gasteiger partial charge in [-0.3, -0.25) is 9.59 Å². The number of nitrogens with zero attached hydrogens (tertiary/aromatic N) is 1. The predicted octanol–water partition coefficient (Wildman–Crippen LogP) is 0.488. The second-order valence-corrected chi connectivity index (χ2v) is 5.58. The summed E-state index contributed by atoms with van der Waals surface area (Å²) in [6, 6.07) is 8.19. The molecule has 1 aliphatic heterocycles. The lowest BCUT2D eigenvalue weighted by Crippen LogP contribution is -2.31. The first-order valence-corrected chi connectivity index (χ1v) is 6.65. The largest absolute Gasteiger partial charge is 0.277 e. The zero-order chi connectivity index (χ0) is 12.6. The van der Waals surface area contributed by atoms with Crippen LogP contribution in [-0.4, -0.2) is 26.5 Å². The molecule has 0 atom stereocenters. The van der Waals surface area contributed by atoms with Crippen molar-refractivity contribution in [3.63, 3.8) is 0 Å². The smallest absolute Gasteiger partial charge is 0.269 e. The Kier molecular flexibility index (Phi) is 2.59. The van der Waals surface area contributed by atoms with Crippen LogP contribution < -0.4 is 4.90 Å². The van der Waals surface area contributed by atoms with Crippen molar-refractivity contribution in [2.24, 2.45) is 0 Å². The van der Waals surface area contributed by atoms with Crippen LogP contribution in [0.3, 0.4) is 0 Å². The zero-order valence-electron chi connectivity index (χ0n) is 8.95. The Morgan fingerprint density at radius 2 is 1.65 bits per heavy atom. The monoisotopic (exact) mass is 251 g/mol. The lowest BCUT2D eigenvalue weighted by Gasteiger charge is -2.13. The molecule has 0 spiro atoms. The van der Waals surface area contributed by atoms with E-state index in [1.54, 1.807) is 30.3 Å². The Labute approximate surface area is 98.3 Å². The van der Waals surface area contributed by atoms with E-state index >= 15 is 0 Å². The summed E-state index contributed by atoms with van der Waals surface area (Å²) in [6.45, 7) is 0. The minimum absolute atomic E-state index is 0.359. The highest BCUT2D eigenvalue weighted by atomic mass is 32.2. The molecule has 0 N–H and O–H groups in total. The minimum Gasteiger partial charge on any atom is -0.269 e. The molecule has 17 heavy (non-hydrogen) atoms. The van der Waals surface area contributed by atoms with Crippen molar-refractivity contribution in [2.75, 3.05) is 11.2 Å². The van der Waals surface area contributed by atoms with Gasteiger partial charge in [0.1, 0.15) is 4.91 Å². The van der Waals surface area contributed by atoms with Crippen LogP contribution in [0.25, 0.3) is 0 Å². The number of imide groups is 1. The maximum absolute atomic E-state index is 11.8. The number of carbonyl (C=O) groups excluding carboxylic acids is 2. The molecule has 1 aromatic rings. The second-order valence-electron chi connectivity index (χ2n) is 3.60. The fourth-order valence-electron chi connectivity index (χ4n) is 1.54. The van der Waals surface area contributed by atoms with Crippen LogP contribution in [-0.2, 0) is 19.4 Å². The predicted molar refractivity (Wildman–Crippen MR) is 61.9 cm³/mol. The van der Waals surface area contributed by atoms with Gasteiger partial charge in [-0.05, 0) is 12.1 Å². The van der Waals surface area contributed by atoms with Crippen LogP contribution in [0.2, 0.25) is 0 Å². The number of anilines is 1. The fourth-order valence-corrected chi connectivity index (χ4v) is 2.26. The van der Waals surface area contributed by atoms with E-state index < -0.39 is 26.6 Å². The number of benzene rings is 1. The van der Waals surface area contributed by atoms with Gasteiger partial charge >= 0.3 is 0 Å². The molecule has 2 amide bonds. The van der Waals surface area contributed by atoms with Crippen molar-refractivity contribution in [3.05, 3.63) is 41.3 Å². The molecule has 2 rings (SSSR count). The van der Waals surface area contributed by atoms with E-state index in [9.17, 15) is 18.0 Å². The maximum Gasteiger partial charge on any atom is 0.277 e. The van der Waals surface area contributed by atoms with Gasteiger partial charge in [-0.25, -0.2) is 13.3 Å². The first kappa shape index (κ1) is 11.5. The molecular weight excluding hydrogens is 242 g/mol. The van der Waals surface area contributed by atoms with Gasteiger partial charge < -0.3 is 0 Å². The lowest BCUT2D eigenvalue weighted by molar-refractivity contribution is -0.120. The third-order valence-corrected chi connectivity index (χ3v) is 3.39. The van der Waals surface area contributed by atoms with Crippen LogP contribution in [0.4, 0.5) is 5.69 Å². The van der Waals surface area contributed by atoms with Crippen molar-refractivity contribution >= 4 is 27.3 Å². The van der Waals surface area contributed by atoms with Crippen molar-refractivity contribution in [2.45, 2.75) is 0 Å². The normalized spacial score (nSPS) is 16.3. The van der Waals surface area contributed by atoms with Gasteiger partial charge in [0, 0.05) is 12.3 Å². The third kappa shape index (κ3) is 1.99. The van der Waals surface area contributed by atoms with E-state index in [1.807, 2.05) is 0 Å². The Balaban J connectivity index is 2.45. The Morgan fingerprint density at radius 3 is 2.12 bits per heavy atom. The summed E-state index contributed by atoms with van der Waals surface area (Å²) in [5, 5.41) is 0. The lowest BCUT2D eigenvalue weighted by atomic mass is 10.3. The number of para-hydroxylation sites is 1. The first-order valence-electron chi connectivity index (χ1n) is 4.76. The number of amides is 2. The summed E-state index contributed by atoms with van der Waals surface area (Å²) in [5.41, 5.74) is 0.359. The van der Waals surface area contributed by atoms with E-state index in [0.29, 0.717) is 5.69 Å². The van der Waals surface area contributed by atoms with Crippen LogP contribution in [0.1, 0.15) is 0 Å². The molecule has 0 fully saturated rings. The summed E-state index contributed by atoms with van der Waals surface area (Å²) < 4.78 is 22.6. The molecule has 1 heterocycles. The summed E-state index contributed by atoms with van der Waals surface area (Å²) in [4.78, 5) is 23.8. The molecule has 0 aromatic heterocycles. The first-order chi connectivity index (χ1) is 7.91. The molecular formula is C11H9NO4S.